The highest BCUT2D eigenvalue weighted by molar-refractivity contribution is 6.33. The first kappa shape index (κ1) is 18.5. The zero-order chi connectivity index (χ0) is 17.8. The fourth-order valence-corrected chi connectivity index (χ4v) is 4.30. The van der Waals surface area contributed by atoms with Crippen molar-refractivity contribution >= 4 is 23.2 Å². The molecule has 4 nitrogen and oxygen atoms in total. The van der Waals surface area contributed by atoms with Crippen molar-refractivity contribution in [2.45, 2.75) is 44.6 Å². The fraction of sp³-hybridized carbons (Fsp3) is 0.650. The summed E-state index contributed by atoms with van der Waals surface area (Å²) in [5.41, 5.74) is 1.79. The molecule has 1 aromatic rings. The van der Waals surface area contributed by atoms with Gasteiger partial charge in [-0.15, -0.1) is 0 Å². The second kappa shape index (κ2) is 8.41. The van der Waals surface area contributed by atoms with Crippen LogP contribution in [0.3, 0.4) is 0 Å². The van der Waals surface area contributed by atoms with Gasteiger partial charge in [-0.3, -0.25) is 4.79 Å². The molecule has 2 saturated heterocycles. The third-order valence-electron chi connectivity index (χ3n) is 5.44. The molecule has 1 amide bonds. The second-order valence-electron chi connectivity index (χ2n) is 7.60. The molecule has 0 saturated carbocycles. The van der Waals surface area contributed by atoms with Crippen LogP contribution in [0.2, 0.25) is 5.02 Å². The molecule has 25 heavy (non-hydrogen) atoms. The van der Waals surface area contributed by atoms with E-state index in [1.165, 1.54) is 19.3 Å². The average Bonchev–Trinajstić information content (AvgIpc) is 3.13. The molecule has 2 heterocycles. The quantitative estimate of drug-likeness (QED) is 0.794. The zero-order valence-electron chi connectivity index (χ0n) is 15.5. The highest BCUT2D eigenvalue weighted by Gasteiger charge is 2.28. The molecule has 2 aliphatic rings. The summed E-state index contributed by atoms with van der Waals surface area (Å²) < 4.78 is 0. The minimum absolute atomic E-state index is 0.137. The number of hydrogen-bond acceptors (Lipinski definition) is 3. The van der Waals surface area contributed by atoms with Gasteiger partial charge in [0, 0.05) is 31.2 Å². The third-order valence-corrected chi connectivity index (χ3v) is 5.74. The number of rotatable bonds is 5. The molecular weight excluding hydrogens is 334 g/mol. The lowest BCUT2D eigenvalue weighted by molar-refractivity contribution is 0.0591. The number of anilines is 1. The molecule has 0 radical (unpaired) electrons. The number of halogens is 1. The predicted octanol–water partition coefficient (Wildman–Crippen LogP) is 3.89. The van der Waals surface area contributed by atoms with Gasteiger partial charge in [0.15, 0.2) is 0 Å². The SMILES string of the molecule is CN(C)CCC1CCCCN1C(=O)c1ccc(N2CCCC2)c(Cl)c1. The molecule has 0 spiro atoms. The first-order chi connectivity index (χ1) is 12.1. The van der Waals surface area contributed by atoms with Crippen molar-refractivity contribution in [2.24, 2.45) is 0 Å². The normalized spacial score (nSPS) is 21.2. The number of benzene rings is 1. The monoisotopic (exact) mass is 363 g/mol. The molecule has 0 N–H and O–H groups in total. The van der Waals surface area contributed by atoms with Crippen LogP contribution in [-0.2, 0) is 0 Å². The highest BCUT2D eigenvalue weighted by atomic mass is 35.5. The number of hydrogen-bond donors (Lipinski definition) is 0. The van der Waals surface area contributed by atoms with Gasteiger partial charge >= 0.3 is 0 Å². The van der Waals surface area contributed by atoms with E-state index >= 15 is 0 Å². The zero-order valence-corrected chi connectivity index (χ0v) is 16.3. The minimum atomic E-state index is 0.137. The van der Waals surface area contributed by atoms with Crippen molar-refractivity contribution < 1.29 is 4.79 Å². The Morgan fingerprint density at radius 1 is 1.16 bits per heavy atom. The summed E-state index contributed by atoms with van der Waals surface area (Å²) in [7, 11) is 4.18. The summed E-state index contributed by atoms with van der Waals surface area (Å²) in [6.07, 6.45) is 6.91. The van der Waals surface area contributed by atoms with Crippen LogP contribution >= 0.6 is 11.6 Å². The fourth-order valence-electron chi connectivity index (χ4n) is 4.00. The molecule has 1 aromatic carbocycles. The van der Waals surface area contributed by atoms with Gasteiger partial charge in [-0.1, -0.05) is 11.6 Å². The average molecular weight is 364 g/mol. The molecule has 1 atom stereocenters. The van der Waals surface area contributed by atoms with E-state index in [0.717, 1.165) is 56.7 Å². The summed E-state index contributed by atoms with van der Waals surface area (Å²) in [6.45, 7) is 4.00. The first-order valence-corrected chi connectivity index (χ1v) is 9.94. The van der Waals surface area contributed by atoms with Crippen LogP contribution in [0.4, 0.5) is 5.69 Å². The van der Waals surface area contributed by atoms with Crippen molar-refractivity contribution in [3.8, 4) is 0 Å². The Kier molecular flexibility index (Phi) is 6.24. The van der Waals surface area contributed by atoms with Crippen LogP contribution in [0.5, 0.6) is 0 Å². The maximum atomic E-state index is 13.1. The minimum Gasteiger partial charge on any atom is -0.370 e. The lowest BCUT2D eigenvalue weighted by Crippen LogP contribution is -2.44. The van der Waals surface area contributed by atoms with Crippen LogP contribution < -0.4 is 4.90 Å². The number of carbonyl (C=O) groups is 1. The van der Waals surface area contributed by atoms with E-state index in [1.807, 2.05) is 18.2 Å². The van der Waals surface area contributed by atoms with E-state index in [1.54, 1.807) is 0 Å². The Morgan fingerprint density at radius 3 is 2.56 bits per heavy atom. The molecule has 2 aliphatic heterocycles. The topological polar surface area (TPSA) is 26.8 Å². The van der Waals surface area contributed by atoms with Crippen molar-refractivity contribution in [3.63, 3.8) is 0 Å². The first-order valence-electron chi connectivity index (χ1n) is 9.56. The number of carbonyl (C=O) groups excluding carboxylic acids is 1. The molecule has 3 rings (SSSR count). The van der Waals surface area contributed by atoms with E-state index < -0.39 is 0 Å². The maximum absolute atomic E-state index is 13.1. The van der Waals surface area contributed by atoms with Gasteiger partial charge in [0.2, 0.25) is 0 Å². The molecule has 0 aliphatic carbocycles. The maximum Gasteiger partial charge on any atom is 0.254 e. The molecule has 0 aromatic heterocycles. The highest BCUT2D eigenvalue weighted by Crippen LogP contribution is 2.31. The second-order valence-corrected chi connectivity index (χ2v) is 8.01. The smallest absolute Gasteiger partial charge is 0.254 e. The van der Waals surface area contributed by atoms with Crippen LogP contribution in [0, 0.1) is 0 Å². The Hall–Kier alpha value is -1.26. The van der Waals surface area contributed by atoms with Crippen molar-refractivity contribution in [3.05, 3.63) is 28.8 Å². The summed E-state index contributed by atoms with van der Waals surface area (Å²) in [4.78, 5) is 19.7. The summed E-state index contributed by atoms with van der Waals surface area (Å²) >= 11 is 6.51. The van der Waals surface area contributed by atoms with Gasteiger partial charge in [-0.2, -0.15) is 0 Å². The Morgan fingerprint density at radius 2 is 1.88 bits per heavy atom. The molecule has 1 unspecified atom stereocenters. The van der Waals surface area contributed by atoms with Gasteiger partial charge in [0.1, 0.15) is 0 Å². The molecule has 0 bridgehead atoms. The summed E-state index contributed by atoms with van der Waals surface area (Å²) in [5.74, 6) is 0.137. The van der Waals surface area contributed by atoms with E-state index in [4.69, 9.17) is 11.6 Å². The number of amides is 1. The summed E-state index contributed by atoms with van der Waals surface area (Å²) in [5, 5.41) is 0.703. The predicted molar refractivity (Wildman–Crippen MR) is 105 cm³/mol. The number of piperidine rings is 1. The van der Waals surface area contributed by atoms with Gasteiger partial charge in [-0.25, -0.2) is 0 Å². The third kappa shape index (κ3) is 4.48. The van der Waals surface area contributed by atoms with E-state index in [-0.39, 0.29) is 5.91 Å². The molecule has 5 heteroatoms. The van der Waals surface area contributed by atoms with Crippen LogP contribution in [0.1, 0.15) is 48.9 Å². The lowest BCUT2D eigenvalue weighted by atomic mass is 9.98. The standard InChI is InChI=1S/C20H30ClN3O/c1-22(2)14-10-17-7-3-4-13-24(17)20(25)16-8-9-19(18(21)15-16)23-11-5-6-12-23/h8-9,15,17H,3-7,10-14H2,1-2H3. The van der Waals surface area contributed by atoms with Gasteiger partial charge in [0.25, 0.3) is 5.91 Å². The van der Waals surface area contributed by atoms with Crippen LogP contribution in [-0.4, -0.2) is 62.0 Å². The van der Waals surface area contributed by atoms with Crippen molar-refractivity contribution in [2.75, 3.05) is 45.2 Å². The Balaban J connectivity index is 1.73. The molecule has 138 valence electrons. The van der Waals surface area contributed by atoms with Crippen molar-refractivity contribution in [1.29, 1.82) is 0 Å². The van der Waals surface area contributed by atoms with E-state index in [2.05, 4.69) is 28.8 Å². The van der Waals surface area contributed by atoms with E-state index in [0.29, 0.717) is 11.1 Å². The number of likely N-dealkylation sites (tertiary alicyclic amines) is 1. The summed E-state index contributed by atoms with van der Waals surface area (Å²) in [6, 6.07) is 6.20. The van der Waals surface area contributed by atoms with Crippen molar-refractivity contribution in [1.82, 2.24) is 9.80 Å². The van der Waals surface area contributed by atoms with Crippen LogP contribution in [0.15, 0.2) is 18.2 Å². The van der Waals surface area contributed by atoms with Gasteiger partial charge in [-0.05, 0) is 77.4 Å². The van der Waals surface area contributed by atoms with Gasteiger partial charge in [0.05, 0.1) is 10.7 Å². The van der Waals surface area contributed by atoms with Crippen LogP contribution in [0.25, 0.3) is 0 Å². The Labute approximate surface area is 156 Å². The number of nitrogens with zero attached hydrogens (tertiary/aromatic N) is 3. The largest absolute Gasteiger partial charge is 0.370 e. The molecular formula is C20H30ClN3O. The van der Waals surface area contributed by atoms with Gasteiger partial charge < -0.3 is 14.7 Å². The lowest BCUT2D eigenvalue weighted by Gasteiger charge is -2.36. The van der Waals surface area contributed by atoms with E-state index in [9.17, 15) is 4.79 Å². The molecule has 2 fully saturated rings. The Bertz CT molecular complexity index is 599.